The monoisotopic (exact) mass is 406 g/mol. The van der Waals surface area contributed by atoms with Gasteiger partial charge in [-0.1, -0.05) is 56.3 Å². The number of fused-ring (bicyclic) bond motifs is 1. The highest BCUT2D eigenvalue weighted by molar-refractivity contribution is 5.84. The Morgan fingerprint density at radius 3 is 2.57 bits per heavy atom. The number of carbonyl (C=O) groups is 1. The zero-order valence-corrected chi connectivity index (χ0v) is 17.9. The molecule has 0 unspecified atom stereocenters. The zero-order valence-electron chi connectivity index (χ0n) is 17.9. The second-order valence-electron chi connectivity index (χ2n) is 8.07. The van der Waals surface area contributed by atoms with Gasteiger partial charge in [-0.15, -0.1) is 0 Å². The van der Waals surface area contributed by atoms with E-state index in [1.54, 1.807) is 19.1 Å². The maximum atomic E-state index is 13.3. The highest BCUT2D eigenvalue weighted by Gasteiger charge is 2.23. The third-order valence-electron chi connectivity index (χ3n) is 4.77. The van der Waals surface area contributed by atoms with Gasteiger partial charge < -0.3 is 9.47 Å². The third-order valence-corrected chi connectivity index (χ3v) is 4.77. The minimum absolute atomic E-state index is 0.159. The van der Waals surface area contributed by atoms with E-state index in [1.807, 2.05) is 37.3 Å². The summed E-state index contributed by atoms with van der Waals surface area (Å²) in [7, 11) is 0. The highest BCUT2D eigenvalue weighted by atomic mass is 19.1. The van der Waals surface area contributed by atoms with Crippen LogP contribution in [0.5, 0.6) is 5.75 Å². The molecule has 0 saturated carbocycles. The summed E-state index contributed by atoms with van der Waals surface area (Å²) < 4.78 is 24.4. The number of rotatable bonds is 5. The Morgan fingerprint density at radius 2 is 1.87 bits per heavy atom. The molecule has 156 valence electrons. The molecule has 0 N–H and O–H groups in total. The van der Waals surface area contributed by atoms with Crippen molar-refractivity contribution in [3.8, 4) is 16.9 Å². The summed E-state index contributed by atoms with van der Waals surface area (Å²) in [5.74, 6) is 0.181. The van der Waals surface area contributed by atoms with Crippen molar-refractivity contribution in [3.05, 3.63) is 83.7 Å². The van der Waals surface area contributed by atoms with Crippen LogP contribution in [0, 0.1) is 11.2 Å². The van der Waals surface area contributed by atoms with Crippen LogP contribution in [0.25, 0.3) is 16.7 Å². The van der Waals surface area contributed by atoms with Crippen LogP contribution in [0.1, 0.15) is 33.3 Å². The molecule has 0 bridgehead atoms. The van der Waals surface area contributed by atoms with E-state index < -0.39 is 0 Å². The summed E-state index contributed by atoms with van der Waals surface area (Å²) in [5.41, 5.74) is 4.55. The average Bonchev–Trinajstić information content (AvgIpc) is 2.82. The molecule has 4 heteroatoms. The summed E-state index contributed by atoms with van der Waals surface area (Å²) in [5, 5.41) is 0. The zero-order chi connectivity index (χ0) is 21.7. The first-order valence-electron chi connectivity index (χ1n) is 10.1. The van der Waals surface area contributed by atoms with E-state index in [0.717, 1.165) is 33.6 Å². The molecular formula is C26H27FO3. The second-order valence-corrected chi connectivity index (χ2v) is 8.07. The van der Waals surface area contributed by atoms with Crippen molar-refractivity contribution in [2.45, 2.75) is 27.7 Å². The molecule has 0 spiro atoms. The van der Waals surface area contributed by atoms with E-state index in [-0.39, 0.29) is 17.2 Å². The van der Waals surface area contributed by atoms with Crippen LogP contribution >= 0.6 is 0 Å². The molecular weight excluding hydrogens is 379 g/mol. The molecule has 0 aliphatic carbocycles. The van der Waals surface area contributed by atoms with Gasteiger partial charge >= 0.3 is 5.97 Å². The van der Waals surface area contributed by atoms with Gasteiger partial charge in [0.05, 0.1) is 13.2 Å². The summed E-state index contributed by atoms with van der Waals surface area (Å²) in [4.78, 5) is 11.7. The SMILES string of the molecule is CCOC(=O)/C=C(C)/C=C/C1=CC(C)(C)COc2cc(-c3ccc(F)cc3)ccc21. The molecule has 3 rings (SSSR count). The lowest BCUT2D eigenvalue weighted by molar-refractivity contribution is -0.137. The second kappa shape index (κ2) is 9.12. The highest BCUT2D eigenvalue weighted by Crippen LogP contribution is 2.38. The fourth-order valence-corrected chi connectivity index (χ4v) is 3.28. The number of benzene rings is 2. The molecule has 2 aromatic rings. The molecule has 0 fully saturated rings. The van der Waals surface area contributed by atoms with E-state index in [0.29, 0.717) is 13.2 Å². The first kappa shape index (κ1) is 21.6. The van der Waals surface area contributed by atoms with Crippen molar-refractivity contribution in [1.29, 1.82) is 0 Å². The molecule has 1 heterocycles. The molecule has 3 nitrogen and oxygen atoms in total. The topological polar surface area (TPSA) is 35.5 Å². The fourth-order valence-electron chi connectivity index (χ4n) is 3.28. The Bertz CT molecular complexity index is 1010. The number of esters is 1. The summed E-state index contributed by atoms with van der Waals surface area (Å²) in [6.07, 6.45) is 7.57. The number of allylic oxidation sites excluding steroid dienone is 4. The molecule has 30 heavy (non-hydrogen) atoms. The van der Waals surface area contributed by atoms with Crippen LogP contribution in [-0.2, 0) is 9.53 Å². The Kier molecular flexibility index (Phi) is 6.56. The first-order valence-corrected chi connectivity index (χ1v) is 10.1. The smallest absolute Gasteiger partial charge is 0.330 e. The number of ether oxygens (including phenoxy) is 2. The van der Waals surface area contributed by atoms with Gasteiger partial charge in [0, 0.05) is 17.1 Å². The van der Waals surface area contributed by atoms with E-state index >= 15 is 0 Å². The molecule has 1 aliphatic heterocycles. The Balaban J connectivity index is 1.95. The average molecular weight is 406 g/mol. The normalized spacial score (nSPS) is 15.8. The van der Waals surface area contributed by atoms with Crippen LogP contribution in [0.15, 0.2) is 72.3 Å². The number of hydrogen-bond donors (Lipinski definition) is 0. The van der Waals surface area contributed by atoms with Crippen LogP contribution < -0.4 is 4.74 Å². The van der Waals surface area contributed by atoms with E-state index in [9.17, 15) is 9.18 Å². The van der Waals surface area contributed by atoms with Crippen molar-refractivity contribution in [2.24, 2.45) is 5.41 Å². The molecule has 1 aliphatic rings. The van der Waals surface area contributed by atoms with Crippen molar-refractivity contribution < 1.29 is 18.7 Å². The molecule has 0 radical (unpaired) electrons. The first-order chi connectivity index (χ1) is 14.3. The maximum absolute atomic E-state index is 13.3. The quantitative estimate of drug-likeness (QED) is 0.329. The minimum atomic E-state index is -0.345. The van der Waals surface area contributed by atoms with Crippen molar-refractivity contribution >= 4 is 11.5 Å². The van der Waals surface area contributed by atoms with Crippen molar-refractivity contribution in [3.63, 3.8) is 0 Å². The predicted octanol–water partition coefficient (Wildman–Crippen LogP) is 6.36. The van der Waals surface area contributed by atoms with Gasteiger partial charge in [0.1, 0.15) is 11.6 Å². The lowest BCUT2D eigenvalue weighted by Gasteiger charge is -2.18. The van der Waals surface area contributed by atoms with Gasteiger partial charge in [-0.25, -0.2) is 9.18 Å². The van der Waals surface area contributed by atoms with Gasteiger partial charge in [-0.05, 0) is 54.3 Å². The van der Waals surface area contributed by atoms with Crippen molar-refractivity contribution in [1.82, 2.24) is 0 Å². The van der Waals surface area contributed by atoms with Gasteiger partial charge in [0.25, 0.3) is 0 Å². The summed E-state index contributed by atoms with van der Waals surface area (Å²) in [6, 6.07) is 12.5. The standard InChI is InChI=1S/C26H27FO3/c1-5-29-25(28)14-18(2)6-7-21-16-26(3,4)17-30-24-15-20(10-13-23(21)24)19-8-11-22(27)12-9-19/h6-16H,5,17H2,1-4H3/b7-6+,18-14+. The minimum Gasteiger partial charge on any atom is -0.492 e. The van der Waals surface area contributed by atoms with Crippen LogP contribution in [0.3, 0.4) is 0 Å². The van der Waals surface area contributed by atoms with Crippen LogP contribution in [-0.4, -0.2) is 19.2 Å². The van der Waals surface area contributed by atoms with Gasteiger partial charge in [-0.3, -0.25) is 0 Å². The Hall–Kier alpha value is -3.14. The van der Waals surface area contributed by atoms with Crippen LogP contribution in [0.4, 0.5) is 4.39 Å². The van der Waals surface area contributed by atoms with E-state index in [1.165, 1.54) is 18.2 Å². The number of halogens is 1. The Morgan fingerprint density at radius 1 is 1.17 bits per heavy atom. The van der Waals surface area contributed by atoms with Gasteiger partial charge in [0.2, 0.25) is 0 Å². The van der Waals surface area contributed by atoms with E-state index in [4.69, 9.17) is 9.47 Å². The number of carbonyl (C=O) groups excluding carboxylic acids is 1. The third kappa shape index (κ3) is 5.47. The summed E-state index contributed by atoms with van der Waals surface area (Å²) in [6.45, 7) is 8.79. The summed E-state index contributed by atoms with van der Waals surface area (Å²) >= 11 is 0. The number of hydrogen-bond acceptors (Lipinski definition) is 3. The molecule has 0 amide bonds. The van der Waals surface area contributed by atoms with Gasteiger partial charge in [0.15, 0.2) is 0 Å². The van der Waals surface area contributed by atoms with E-state index in [2.05, 4.69) is 19.9 Å². The fraction of sp³-hybridized carbons (Fsp3) is 0.269. The Labute approximate surface area is 177 Å². The largest absolute Gasteiger partial charge is 0.492 e. The van der Waals surface area contributed by atoms with Crippen LogP contribution in [0.2, 0.25) is 0 Å². The molecule has 0 aromatic heterocycles. The lowest BCUT2D eigenvalue weighted by atomic mass is 9.90. The molecule has 0 atom stereocenters. The predicted molar refractivity (Wildman–Crippen MR) is 119 cm³/mol. The molecule has 2 aromatic carbocycles. The van der Waals surface area contributed by atoms with Gasteiger partial charge in [-0.2, -0.15) is 0 Å². The molecule has 0 saturated heterocycles. The lowest BCUT2D eigenvalue weighted by Crippen LogP contribution is -2.17. The van der Waals surface area contributed by atoms with Crippen molar-refractivity contribution in [2.75, 3.05) is 13.2 Å². The maximum Gasteiger partial charge on any atom is 0.330 e.